The number of hydrogen-bond donors (Lipinski definition) is 2. The Balaban J connectivity index is 1.37. The third-order valence-corrected chi connectivity index (χ3v) is 6.17. The Bertz CT molecular complexity index is 1380. The molecule has 5 aromatic rings. The predicted molar refractivity (Wildman–Crippen MR) is 132 cm³/mol. The van der Waals surface area contributed by atoms with Crippen LogP contribution in [0.25, 0.3) is 21.5 Å². The molecule has 0 saturated carbocycles. The van der Waals surface area contributed by atoms with Gasteiger partial charge in [0.2, 0.25) is 0 Å². The fourth-order valence-corrected chi connectivity index (χ4v) is 4.33. The molecule has 0 aliphatic rings. The molecule has 0 bridgehead atoms. The summed E-state index contributed by atoms with van der Waals surface area (Å²) in [6, 6.07) is 24.8. The van der Waals surface area contributed by atoms with E-state index in [4.69, 9.17) is 10.5 Å². The Labute approximate surface area is 194 Å². The lowest BCUT2D eigenvalue weighted by Gasteiger charge is -2.13. The first-order chi connectivity index (χ1) is 16.2. The number of carbonyl (C=O) groups excluding carboxylic acids is 1. The molecule has 1 amide bonds. The van der Waals surface area contributed by atoms with Crippen molar-refractivity contribution in [2.45, 2.75) is 6.61 Å². The van der Waals surface area contributed by atoms with Gasteiger partial charge in [-0.3, -0.25) is 9.78 Å². The van der Waals surface area contributed by atoms with Gasteiger partial charge in [-0.15, -0.1) is 11.3 Å². The molecule has 0 unspecified atom stereocenters. The van der Waals surface area contributed by atoms with Crippen molar-refractivity contribution >= 4 is 38.8 Å². The van der Waals surface area contributed by atoms with Crippen molar-refractivity contribution < 1.29 is 9.53 Å². The SMILES string of the molecule is Nc1ccnc(-c2ccc(OCc3ccccc3)cc2)c1NC(=O)c1cc2cccnc2s1. The molecule has 3 heterocycles. The molecule has 33 heavy (non-hydrogen) atoms. The molecule has 0 saturated heterocycles. The second kappa shape index (κ2) is 9.10. The van der Waals surface area contributed by atoms with E-state index in [2.05, 4.69) is 15.3 Å². The van der Waals surface area contributed by atoms with E-state index in [0.717, 1.165) is 27.1 Å². The van der Waals surface area contributed by atoms with E-state index >= 15 is 0 Å². The Morgan fingerprint density at radius 2 is 1.76 bits per heavy atom. The largest absolute Gasteiger partial charge is 0.489 e. The van der Waals surface area contributed by atoms with Crippen LogP contribution in [0.1, 0.15) is 15.2 Å². The molecule has 7 heteroatoms. The van der Waals surface area contributed by atoms with E-state index in [1.165, 1.54) is 11.3 Å². The van der Waals surface area contributed by atoms with Gasteiger partial charge < -0.3 is 15.8 Å². The number of fused-ring (bicyclic) bond motifs is 1. The number of pyridine rings is 2. The highest BCUT2D eigenvalue weighted by molar-refractivity contribution is 7.20. The summed E-state index contributed by atoms with van der Waals surface area (Å²) in [6.45, 7) is 0.488. The smallest absolute Gasteiger partial charge is 0.265 e. The lowest BCUT2D eigenvalue weighted by molar-refractivity contribution is 0.103. The molecular weight excluding hydrogens is 432 g/mol. The molecule has 0 atom stereocenters. The molecule has 3 aromatic heterocycles. The summed E-state index contributed by atoms with van der Waals surface area (Å²) in [4.78, 5) is 23.1. The van der Waals surface area contributed by atoms with E-state index in [1.54, 1.807) is 18.5 Å². The van der Waals surface area contributed by atoms with Crippen LogP contribution in [0.4, 0.5) is 11.4 Å². The normalized spacial score (nSPS) is 10.8. The highest BCUT2D eigenvalue weighted by Gasteiger charge is 2.17. The van der Waals surface area contributed by atoms with Gasteiger partial charge in [-0.1, -0.05) is 36.4 Å². The molecule has 3 N–H and O–H groups in total. The van der Waals surface area contributed by atoms with E-state index in [0.29, 0.717) is 28.6 Å². The van der Waals surface area contributed by atoms with Gasteiger partial charge in [0.1, 0.15) is 17.2 Å². The van der Waals surface area contributed by atoms with Crippen LogP contribution in [0.3, 0.4) is 0 Å². The van der Waals surface area contributed by atoms with Crippen LogP contribution in [0.15, 0.2) is 91.3 Å². The zero-order chi connectivity index (χ0) is 22.6. The van der Waals surface area contributed by atoms with Crippen LogP contribution >= 0.6 is 11.3 Å². The fraction of sp³-hybridized carbons (Fsp3) is 0.0385. The highest BCUT2D eigenvalue weighted by Crippen LogP contribution is 2.33. The number of rotatable bonds is 6. The fourth-order valence-electron chi connectivity index (χ4n) is 3.44. The molecule has 0 fully saturated rings. The molecule has 162 valence electrons. The lowest BCUT2D eigenvalue weighted by atomic mass is 10.1. The molecule has 0 aliphatic heterocycles. The van der Waals surface area contributed by atoms with Crippen LogP contribution in [0, 0.1) is 0 Å². The number of aromatic nitrogens is 2. The van der Waals surface area contributed by atoms with E-state index in [-0.39, 0.29) is 5.91 Å². The number of amides is 1. The van der Waals surface area contributed by atoms with Crippen LogP contribution in [0.5, 0.6) is 5.75 Å². The zero-order valence-corrected chi connectivity index (χ0v) is 18.4. The van der Waals surface area contributed by atoms with Crippen LogP contribution < -0.4 is 15.8 Å². The minimum absolute atomic E-state index is 0.248. The van der Waals surface area contributed by atoms with Crippen LogP contribution in [-0.2, 0) is 6.61 Å². The Morgan fingerprint density at radius 1 is 0.939 bits per heavy atom. The lowest BCUT2D eigenvalue weighted by Crippen LogP contribution is -2.13. The minimum atomic E-state index is -0.248. The number of benzene rings is 2. The summed E-state index contributed by atoms with van der Waals surface area (Å²) >= 11 is 1.34. The number of nitrogens with two attached hydrogens (primary N) is 1. The number of thiophene rings is 1. The first-order valence-corrected chi connectivity index (χ1v) is 11.2. The summed E-state index contributed by atoms with van der Waals surface area (Å²) in [5.74, 6) is 0.497. The summed E-state index contributed by atoms with van der Waals surface area (Å²) in [6.07, 6.45) is 3.34. The van der Waals surface area contributed by atoms with Crippen molar-refractivity contribution in [1.82, 2.24) is 9.97 Å². The quantitative estimate of drug-likeness (QED) is 0.341. The van der Waals surface area contributed by atoms with Crippen molar-refractivity contribution in [2.75, 3.05) is 11.1 Å². The molecule has 0 spiro atoms. The number of anilines is 2. The van der Waals surface area contributed by atoms with Gasteiger partial charge in [-0.2, -0.15) is 0 Å². The van der Waals surface area contributed by atoms with Gasteiger partial charge in [-0.05, 0) is 48.0 Å². The highest BCUT2D eigenvalue weighted by atomic mass is 32.1. The minimum Gasteiger partial charge on any atom is -0.489 e. The van der Waals surface area contributed by atoms with E-state index < -0.39 is 0 Å². The predicted octanol–water partition coefficient (Wildman–Crippen LogP) is 5.77. The third kappa shape index (κ3) is 4.53. The number of nitrogens with one attached hydrogen (secondary N) is 1. The average Bonchev–Trinajstić information content (AvgIpc) is 3.30. The standard InChI is InChI=1S/C26H20N4O2S/c27-21-12-14-28-23(18-8-10-20(11-9-18)32-16-17-5-2-1-3-6-17)24(21)30-25(31)22-15-19-7-4-13-29-26(19)33-22/h1-15H,16H2,(H2,27,28)(H,30,31). The second-order valence-corrected chi connectivity index (χ2v) is 8.42. The molecule has 2 aromatic carbocycles. The maximum absolute atomic E-state index is 13.0. The first-order valence-electron chi connectivity index (χ1n) is 10.3. The summed E-state index contributed by atoms with van der Waals surface area (Å²) < 4.78 is 5.87. The Kier molecular flexibility index (Phi) is 5.70. The number of carbonyl (C=O) groups is 1. The van der Waals surface area contributed by atoms with Gasteiger partial charge in [-0.25, -0.2) is 4.98 Å². The van der Waals surface area contributed by atoms with Gasteiger partial charge in [0.15, 0.2) is 0 Å². The van der Waals surface area contributed by atoms with Crippen molar-refractivity contribution in [3.63, 3.8) is 0 Å². The van der Waals surface area contributed by atoms with Crippen molar-refractivity contribution in [3.05, 3.63) is 102 Å². The molecular formula is C26H20N4O2S. The van der Waals surface area contributed by atoms with Gasteiger partial charge in [0.25, 0.3) is 5.91 Å². The number of hydrogen-bond acceptors (Lipinski definition) is 6. The zero-order valence-electron chi connectivity index (χ0n) is 17.6. The van der Waals surface area contributed by atoms with E-state index in [9.17, 15) is 4.79 Å². The second-order valence-electron chi connectivity index (χ2n) is 7.38. The first kappa shape index (κ1) is 20.7. The van der Waals surface area contributed by atoms with Crippen molar-refractivity contribution in [2.24, 2.45) is 0 Å². The molecule has 5 rings (SSSR count). The van der Waals surface area contributed by atoms with Gasteiger partial charge in [0, 0.05) is 23.3 Å². The van der Waals surface area contributed by atoms with E-state index in [1.807, 2.05) is 72.8 Å². The Morgan fingerprint density at radius 3 is 2.55 bits per heavy atom. The van der Waals surface area contributed by atoms with Gasteiger partial charge >= 0.3 is 0 Å². The summed E-state index contributed by atoms with van der Waals surface area (Å²) in [7, 11) is 0. The van der Waals surface area contributed by atoms with Gasteiger partial charge in [0.05, 0.1) is 21.9 Å². The number of nitrogen functional groups attached to an aromatic ring is 1. The Hall–Kier alpha value is -4.23. The van der Waals surface area contributed by atoms with Crippen molar-refractivity contribution in [3.8, 4) is 17.0 Å². The number of ether oxygens (including phenoxy) is 1. The monoisotopic (exact) mass is 452 g/mol. The average molecular weight is 453 g/mol. The molecule has 0 aliphatic carbocycles. The maximum Gasteiger partial charge on any atom is 0.265 e. The maximum atomic E-state index is 13.0. The number of nitrogens with zero attached hydrogens (tertiary/aromatic N) is 2. The molecule has 0 radical (unpaired) electrons. The summed E-state index contributed by atoms with van der Waals surface area (Å²) in [5, 5.41) is 3.87. The van der Waals surface area contributed by atoms with Crippen LogP contribution in [-0.4, -0.2) is 15.9 Å². The van der Waals surface area contributed by atoms with Crippen molar-refractivity contribution in [1.29, 1.82) is 0 Å². The topological polar surface area (TPSA) is 90.1 Å². The molecule has 6 nitrogen and oxygen atoms in total. The summed E-state index contributed by atoms with van der Waals surface area (Å²) in [5.41, 5.74) is 9.65. The third-order valence-electron chi connectivity index (χ3n) is 5.12. The van der Waals surface area contributed by atoms with Crippen LogP contribution in [0.2, 0.25) is 0 Å².